The van der Waals surface area contributed by atoms with Crippen LogP contribution in [0.4, 0.5) is 13.2 Å². The molecule has 1 aromatic carbocycles. The topological polar surface area (TPSA) is 30.2 Å². The Morgan fingerprint density at radius 2 is 1.90 bits per heavy atom. The van der Waals surface area contributed by atoms with Crippen LogP contribution in [0, 0.1) is 11.8 Å². The molecule has 0 spiro atoms. The molecule has 0 bridgehead atoms. The van der Waals surface area contributed by atoms with Crippen molar-refractivity contribution in [3.05, 3.63) is 65.6 Å². The van der Waals surface area contributed by atoms with Crippen molar-refractivity contribution < 1.29 is 13.2 Å². The third-order valence-electron chi connectivity index (χ3n) is 2.78. The summed E-state index contributed by atoms with van der Waals surface area (Å²) in [5, 5.41) is 4.00. The van der Waals surface area contributed by atoms with Gasteiger partial charge in [0.25, 0.3) is 0 Å². The van der Waals surface area contributed by atoms with Crippen molar-refractivity contribution in [3.63, 3.8) is 0 Å². The van der Waals surface area contributed by atoms with Crippen molar-refractivity contribution in [2.24, 2.45) is 0 Å². The fourth-order valence-electron chi connectivity index (χ4n) is 1.79. The highest BCUT2D eigenvalue weighted by Gasteiger charge is 2.30. The molecule has 6 heteroatoms. The Balaban J connectivity index is 1.93. The van der Waals surface area contributed by atoms with Crippen LogP contribution in [0.15, 0.2) is 48.8 Å². The maximum absolute atomic E-state index is 12.6. The van der Waals surface area contributed by atoms with Crippen LogP contribution in [-0.2, 0) is 6.18 Å². The van der Waals surface area contributed by atoms with Crippen molar-refractivity contribution >= 4 is 5.65 Å². The van der Waals surface area contributed by atoms with Gasteiger partial charge in [0.2, 0.25) is 0 Å². The average molecular weight is 287 g/mol. The number of hydrogen-bond acceptors (Lipinski definition) is 2. The van der Waals surface area contributed by atoms with Crippen LogP contribution in [0.3, 0.4) is 0 Å². The Kier molecular flexibility index (Phi) is 3.10. The number of alkyl halides is 3. The molecular weight excluding hydrogens is 279 g/mol. The minimum Gasteiger partial charge on any atom is -0.223 e. The maximum atomic E-state index is 12.6. The third kappa shape index (κ3) is 2.87. The first kappa shape index (κ1) is 13.2. The SMILES string of the molecule is FC(F)(F)c1cccc(C#Cc2ccn3nccc3n2)c1. The molecule has 0 N–H and O–H groups in total. The van der Waals surface area contributed by atoms with Crippen molar-refractivity contribution in [1.29, 1.82) is 0 Å². The molecule has 3 rings (SSSR count). The second kappa shape index (κ2) is 4.94. The van der Waals surface area contributed by atoms with Gasteiger partial charge in [-0.2, -0.15) is 18.3 Å². The molecule has 0 radical (unpaired) electrons. The van der Waals surface area contributed by atoms with E-state index in [9.17, 15) is 13.2 Å². The largest absolute Gasteiger partial charge is 0.416 e. The normalized spacial score (nSPS) is 11.2. The first-order valence-electron chi connectivity index (χ1n) is 6.02. The Labute approximate surface area is 118 Å². The maximum Gasteiger partial charge on any atom is 0.416 e. The van der Waals surface area contributed by atoms with E-state index in [4.69, 9.17) is 0 Å². The van der Waals surface area contributed by atoms with Gasteiger partial charge in [0, 0.05) is 17.8 Å². The minimum atomic E-state index is -4.37. The summed E-state index contributed by atoms with van der Waals surface area (Å²) in [5.74, 6) is 5.44. The summed E-state index contributed by atoms with van der Waals surface area (Å²) in [6.45, 7) is 0. The molecule has 0 saturated heterocycles. The Morgan fingerprint density at radius 3 is 2.71 bits per heavy atom. The van der Waals surface area contributed by atoms with Gasteiger partial charge in [-0.25, -0.2) is 9.50 Å². The highest BCUT2D eigenvalue weighted by molar-refractivity contribution is 5.45. The zero-order chi connectivity index (χ0) is 14.9. The molecule has 0 amide bonds. The molecule has 2 aromatic heterocycles. The molecule has 3 aromatic rings. The molecule has 2 heterocycles. The highest BCUT2D eigenvalue weighted by atomic mass is 19.4. The van der Waals surface area contributed by atoms with Crippen LogP contribution in [0.1, 0.15) is 16.8 Å². The summed E-state index contributed by atoms with van der Waals surface area (Å²) in [4.78, 5) is 4.23. The van der Waals surface area contributed by atoms with Gasteiger partial charge < -0.3 is 0 Å². The van der Waals surface area contributed by atoms with Crippen molar-refractivity contribution in [3.8, 4) is 11.8 Å². The second-order valence-corrected chi connectivity index (χ2v) is 4.28. The van der Waals surface area contributed by atoms with E-state index in [1.165, 1.54) is 12.1 Å². The van der Waals surface area contributed by atoms with Crippen molar-refractivity contribution in [2.45, 2.75) is 6.18 Å². The lowest BCUT2D eigenvalue weighted by molar-refractivity contribution is -0.137. The lowest BCUT2D eigenvalue weighted by Gasteiger charge is -2.05. The molecule has 104 valence electrons. The molecule has 0 aliphatic heterocycles. The summed E-state index contributed by atoms with van der Waals surface area (Å²) in [7, 11) is 0. The summed E-state index contributed by atoms with van der Waals surface area (Å²) in [6, 6.07) is 8.27. The first-order valence-corrected chi connectivity index (χ1v) is 6.02. The first-order chi connectivity index (χ1) is 10.0. The number of benzene rings is 1. The molecule has 0 fully saturated rings. The molecule has 0 atom stereocenters. The fraction of sp³-hybridized carbons (Fsp3) is 0.0667. The number of halogens is 3. The number of hydrogen-bond donors (Lipinski definition) is 0. The second-order valence-electron chi connectivity index (χ2n) is 4.28. The van der Waals surface area contributed by atoms with Crippen LogP contribution in [0.2, 0.25) is 0 Å². The molecule has 0 aliphatic rings. The van der Waals surface area contributed by atoms with Gasteiger partial charge >= 0.3 is 6.18 Å². The Hall–Kier alpha value is -2.81. The van der Waals surface area contributed by atoms with Gasteiger partial charge in [-0.05, 0) is 30.2 Å². The number of fused-ring (bicyclic) bond motifs is 1. The lowest BCUT2D eigenvalue weighted by atomic mass is 10.1. The smallest absolute Gasteiger partial charge is 0.223 e. The Morgan fingerprint density at radius 1 is 1.05 bits per heavy atom. The highest BCUT2D eigenvalue weighted by Crippen LogP contribution is 2.29. The molecule has 0 saturated carbocycles. The average Bonchev–Trinajstić information content (AvgIpc) is 2.92. The quantitative estimate of drug-likeness (QED) is 0.595. The van der Waals surface area contributed by atoms with E-state index in [-0.39, 0.29) is 0 Å². The van der Waals surface area contributed by atoms with Crippen LogP contribution in [-0.4, -0.2) is 14.6 Å². The van der Waals surface area contributed by atoms with E-state index in [0.717, 1.165) is 12.1 Å². The summed E-state index contributed by atoms with van der Waals surface area (Å²) in [5.41, 5.74) is 0.680. The molecule has 3 nitrogen and oxygen atoms in total. The van der Waals surface area contributed by atoms with Crippen molar-refractivity contribution in [1.82, 2.24) is 14.6 Å². The minimum absolute atomic E-state index is 0.292. The van der Waals surface area contributed by atoms with E-state index >= 15 is 0 Å². The van der Waals surface area contributed by atoms with Gasteiger partial charge in [-0.15, -0.1) is 0 Å². The number of nitrogens with zero attached hydrogens (tertiary/aromatic N) is 3. The third-order valence-corrected chi connectivity index (χ3v) is 2.78. The predicted molar refractivity (Wildman–Crippen MR) is 70.4 cm³/mol. The van der Waals surface area contributed by atoms with Gasteiger partial charge in [0.1, 0.15) is 5.69 Å². The summed E-state index contributed by atoms with van der Waals surface area (Å²) in [6.07, 6.45) is -1.07. The number of aromatic nitrogens is 3. The van der Waals surface area contributed by atoms with Gasteiger partial charge in [-0.1, -0.05) is 12.0 Å². The van der Waals surface area contributed by atoms with Crippen molar-refractivity contribution in [2.75, 3.05) is 0 Å². The van der Waals surface area contributed by atoms with Crippen LogP contribution in [0.25, 0.3) is 5.65 Å². The van der Waals surface area contributed by atoms with Gasteiger partial charge in [-0.3, -0.25) is 0 Å². The van der Waals surface area contributed by atoms with E-state index < -0.39 is 11.7 Å². The summed E-state index contributed by atoms with van der Waals surface area (Å²) < 4.78 is 39.4. The van der Waals surface area contributed by atoms with E-state index in [0.29, 0.717) is 16.9 Å². The molecular formula is C15H8F3N3. The predicted octanol–water partition coefficient (Wildman–Crippen LogP) is 3.15. The molecule has 0 aliphatic carbocycles. The Bertz CT molecular complexity index is 853. The van der Waals surface area contributed by atoms with Crippen LogP contribution in [0.5, 0.6) is 0 Å². The lowest BCUT2D eigenvalue weighted by Crippen LogP contribution is -2.04. The monoisotopic (exact) mass is 287 g/mol. The van der Waals surface area contributed by atoms with E-state index in [1.54, 1.807) is 29.0 Å². The standard InChI is InChI=1S/C15H8F3N3/c16-15(17,18)12-3-1-2-11(10-12)4-5-13-7-9-21-14(20-13)6-8-19-21/h1-3,6-10H. The van der Waals surface area contributed by atoms with Gasteiger partial charge in [0.15, 0.2) is 5.65 Å². The zero-order valence-electron chi connectivity index (χ0n) is 10.6. The zero-order valence-corrected chi connectivity index (χ0v) is 10.6. The molecule has 0 unspecified atom stereocenters. The summed E-state index contributed by atoms with van der Waals surface area (Å²) >= 11 is 0. The van der Waals surface area contributed by atoms with Crippen LogP contribution >= 0.6 is 0 Å². The molecule has 21 heavy (non-hydrogen) atoms. The number of rotatable bonds is 0. The van der Waals surface area contributed by atoms with Gasteiger partial charge in [0.05, 0.1) is 11.8 Å². The fourth-order valence-corrected chi connectivity index (χ4v) is 1.79. The van der Waals surface area contributed by atoms with Crippen LogP contribution < -0.4 is 0 Å². The van der Waals surface area contributed by atoms with E-state index in [1.807, 2.05) is 0 Å². The van der Waals surface area contributed by atoms with E-state index in [2.05, 4.69) is 21.9 Å².